The Labute approximate surface area is 196 Å². The van der Waals surface area contributed by atoms with Crippen LogP contribution >= 0.6 is 15.9 Å². The lowest BCUT2D eigenvalue weighted by Gasteiger charge is -2.19. The summed E-state index contributed by atoms with van der Waals surface area (Å²) >= 11 is 3.51. The largest absolute Gasteiger partial charge is 0.449 e. The highest BCUT2D eigenvalue weighted by Gasteiger charge is 2.23. The summed E-state index contributed by atoms with van der Waals surface area (Å²) in [7, 11) is 2.14. The van der Waals surface area contributed by atoms with E-state index >= 15 is 0 Å². The maximum atomic E-state index is 11.9. The molecule has 2 N–H and O–H groups in total. The predicted molar refractivity (Wildman–Crippen MR) is 126 cm³/mol. The summed E-state index contributed by atoms with van der Waals surface area (Å²) in [6.45, 7) is 6.72. The summed E-state index contributed by atoms with van der Waals surface area (Å²) in [6, 6.07) is 0.402. The van der Waals surface area contributed by atoms with Crippen molar-refractivity contribution in [1.29, 1.82) is 0 Å². The Morgan fingerprint density at radius 2 is 2.19 bits per heavy atom. The number of likely N-dealkylation sites (tertiary alicyclic amines) is 1. The molecule has 1 amide bonds. The van der Waals surface area contributed by atoms with Crippen LogP contribution in [0, 0.1) is 6.92 Å². The Hall–Kier alpha value is -2.40. The second-order valence-electron chi connectivity index (χ2n) is 8.42. The molecule has 0 saturated carbocycles. The molecule has 2 aliphatic heterocycles. The van der Waals surface area contributed by atoms with Gasteiger partial charge in [-0.1, -0.05) is 0 Å². The van der Waals surface area contributed by atoms with E-state index in [4.69, 9.17) is 4.74 Å². The van der Waals surface area contributed by atoms with Gasteiger partial charge in [0.05, 0.1) is 28.5 Å². The monoisotopic (exact) mass is 506 g/mol. The fourth-order valence-electron chi connectivity index (χ4n) is 4.02. The Morgan fingerprint density at radius 1 is 1.31 bits per heavy atom. The molecule has 10 nitrogen and oxygen atoms in total. The van der Waals surface area contributed by atoms with Gasteiger partial charge in [-0.05, 0) is 62.1 Å². The Kier molecular flexibility index (Phi) is 7.46. The van der Waals surface area contributed by atoms with E-state index < -0.39 is 0 Å². The van der Waals surface area contributed by atoms with Gasteiger partial charge >= 0.3 is 6.09 Å². The first kappa shape index (κ1) is 22.8. The third kappa shape index (κ3) is 5.69. The van der Waals surface area contributed by atoms with Gasteiger partial charge in [-0.2, -0.15) is 10.1 Å². The summed E-state index contributed by atoms with van der Waals surface area (Å²) < 4.78 is 8.03. The zero-order chi connectivity index (χ0) is 22.5. The number of carbonyl (C=O) groups is 1. The quantitative estimate of drug-likeness (QED) is 0.525. The summed E-state index contributed by atoms with van der Waals surface area (Å²) in [5, 5.41) is 11.3. The molecule has 2 saturated heterocycles. The zero-order valence-corrected chi connectivity index (χ0v) is 20.3. The number of amides is 1. The van der Waals surface area contributed by atoms with Gasteiger partial charge in [0.15, 0.2) is 0 Å². The molecule has 0 aliphatic carbocycles. The zero-order valence-electron chi connectivity index (χ0n) is 18.7. The SMILES string of the molecule is Cc1nn(C2CCN(C)C2)cc1Nc1ncc(Br)c(NCCCN2CCCCOC2=O)n1. The number of carbonyl (C=O) groups excluding carboxylic acids is 1. The van der Waals surface area contributed by atoms with Crippen LogP contribution < -0.4 is 10.6 Å². The number of ether oxygens (including phenoxy) is 1. The minimum absolute atomic E-state index is 0.211. The van der Waals surface area contributed by atoms with Gasteiger partial charge in [0.2, 0.25) is 5.95 Å². The Morgan fingerprint density at radius 3 is 3.00 bits per heavy atom. The first-order chi connectivity index (χ1) is 15.5. The molecule has 1 atom stereocenters. The van der Waals surface area contributed by atoms with Crippen molar-refractivity contribution in [2.45, 2.75) is 38.6 Å². The highest BCUT2D eigenvalue weighted by atomic mass is 79.9. The van der Waals surface area contributed by atoms with E-state index in [2.05, 4.69) is 53.6 Å². The van der Waals surface area contributed by atoms with Crippen molar-refractivity contribution in [1.82, 2.24) is 29.5 Å². The third-order valence-electron chi connectivity index (χ3n) is 5.85. The topological polar surface area (TPSA) is 100 Å². The fraction of sp³-hybridized carbons (Fsp3) is 0.619. The lowest BCUT2D eigenvalue weighted by atomic mass is 10.3. The van der Waals surface area contributed by atoms with E-state index in [0.717, 1.165) is 61.2 Å². The highest BCUT2D eigenvalue weighted by molar-refractivity contribution is 9.10. The van der Waals surface area contributed by atoms with Crippen molar-refractivity contribution in [3.63, 3.8) is 0 Å². The maximum Gasteiger partial charge on any atom is 0.409 e. The van der Waals surface area contributed by atoms with Crippen LogP contribution in [0.15, 0.2) is 16.9 Å². The van der Waals surface area contributed by atoms with E-state index in [-0.39, 0.29) is 6.09 Å². The van der Waals surface area contributed by atoms with E-state index in [1.165, 1.54) is 0 Å². The molecule has 11 heteroatoms. The summed E-state index contributed by atoms with van der Waals surface area (Å²) in [5.41, 5.74) is 1.83. The molecular formula is C21H31BrN8O2. The van der Waals surface area contributed by atoms with Gasteiger partial charge in [-0.25, -0.2) is 9.78 Å². The molecular weight excluding hydrogens is 476 g/mol. The lowest BCUT2D eigenvalue weighted by molar-refractivity contribution is 0.116. The molecule has 4 rings (SSSR count). The third-order valence-corrected chi connectivity index (χ3v) is 6.43. The van der Waals surface area contributed by atoms with Crippen molar-refractivity contribution in [3.05, 3.63) is 22.6 Å². The van der Waals surface area contributed by atoms with Gasteiger partial charge in [0, 0.05) is 38.6 Å². The number of halogens is 1. The number of aryl methyl sites for hydroxylation is 1. The van der Waals surface area contributed by atoms with Gasteiger partial charge < -0.3 is 25.2 Å². The van der Waals surface area contributed by atoms with Crippen LogP contribution in [-0.2, 0) is 4.74 Å². The molecule has 2 aromatic heterocycles. The van der Waals surface area contributed by atoms with Crippen molar-refractivity contribution in [2.75, 3.05) is 57.0 Å². The highest BCUT2D eigenvalue weighted by Crippen LogP contribution is 2.26. The van der Waals surface area contributed by atoms with E-state index in [9.17, 15) is 4.79 Å². The molecule has 4 heterocycles. The Bertz CT molecular complexity index is 937. The summed E-state index contributed by atoms with van der Waals surface area (Å²) in [6.07, 6.45) is 7.38. The predicted octanol–water partition coefficient (Wildman–Crippen LogP) is 3.40. The van der Waals surface area contributed by atoms with Gasteiger partial charge in [0.25, 0.3) is 0 Å². The van der Waals surface area contributed by atoms with Crippen LogP contribution in [0.3, 0.4) is 0 Å². The van der Waals surface area contributed by atoms with Crippen molar-refractivity contribution in [3.8, 4) is 0 Å². The standard InChI is InChI=1S/C21H31BrN8O2/c1-15-18(14-30(27-15)16-6-10-28(2)13-16)25-20-24-12-17(22)19(26-20)23-7-5-9-29-8-3-4-11-32-21(29)31/h12,14,16H,3-11,13H2,1-2H3,(H2,23,24,25,26). The molecule has 174 valence electrons. The molecule has 0 aromatic carbocycles. The second kappa shape index (κ2) is 10.5. The molecule has 32 heavy (non-hydrogen) atoms. The minimum atomic E-state index is -0.211. The number of hydrogen-bond acceptors (Lipinski definition) is 8. The summed E-state index contributed by atoms with van der Waals surface area (Å²) in [5.74, 6) is 1.22. The van der Waals surface area contributed by atoms with E-state index in [1.54, 1.807) is 11.1 Å². The number of nitrogens with one attached hydrogen (secondary N) is 2. The number of likely N-dealkylation sites (N-methyl/N-ethyl adjacent to an activating group) is 1. The van der Waals surface area contributed by atoms with Gasteiger partial charge in [0.1, 0.15) is 5.82 Å². The molecule has 0 radical (unpaired) electrons. The molecule has 1 unspecified atom stereocenters. The smallest absolute Gasteiger partial charge is 0.409 e. The van der Waals surface area contributed by atoms with Crippen LogP contribution in [0.5, 0.6) is 0 Å². The number of anilines is 3. The number of hydrogen-bond donors (Lipinski definition) is 2. The molecule has 2 aliphatic rings. The van der Waals surface area contributed by atoms with Crippen LogP contribution in [0.1, 0.15) is 37.4 Å². The normalized spacial score (nSPS) is 19.7. The number of nitrogens with zero attached hydrogens (tertiary/aromatic N) is 6. The second-order valence-corrected chi connectivity index (χ2v) is 9.27. The average Bonchev–Trinajstić information content (AvgIpc) is 3.30. The molecule has 0 spiro atoms. The fourth-order valence-corrected chi connectivity index (χ4v) is 4.35. The van der Waals surface area contributed by atoms with Crippen LogP contribution in [-0.4, -0.2) is 82.0 Å². The lowest BCUT2D eigenvalue weighted by Crippen LogP contribution is -2.32. The maximum absolute atomic E-state index is 11.9. The molecule has 2 fully saturated rings. The first-order valence-electron chi connectivity index (χ1n) is 11.2. The van der Waals surface area contributed by atoms with Gasteiger partial charge in [-0.15, -0.1) is 0 Å². The average molecular weight is 507 g/mol. The van der Waals surface area contributed by atoms with Crippen molar-refractivity contribution >= 4 is 39.5 Å². The Balaban J connectivity index is 1.32. The van der Waals surface area contributed by atoms with Crippen LogP contribution in [0.2, 0.25) is 0 Å². The molecule has 2 aromatic rings. The van der Waals surface area contributed by atoms with Crippen LogP contribution in [0.25, 0.3) is 0 Å². The van der Waals surface area contributed by atoms with Gasteiger partial charge in [-0.3, -0.25) is 4.68 Å². The first-order valence-corrected chi connectivity index (χ1v) is 12.0. The minimum Gasteiger partial charge on any atom is -0.449 e. The van der Waals surface area contributed by atoms with Crippen LogP contribution in [0.4, 0.5) is 22.2 Å². The van der Waals surface area contributed by atoms with Crippen molar-refractivity contribution in [2.24, 2.45) is 0 Å². The van der Waals surface area contributed by atoms with E-state index in [0.29, 0.717) is 37.5 Å². The van der Waals surface area contributed by atoms with Crippen molar-refractivity contribution < 1.29 is 9.53 Å². The number of cyclic esters (lactones) is 1. The number of aromatic nitrogens is 4. The number of rotatable bonds is 8. The van der Waals surface area contributed by atoms with E-state index in [1.807, 2.05) is 17.8 Å². The summed E-state index contributed by atoms with van der Waals surface area (Å²) in [4.78, 5) is 25.0. The molecule has 0 bridgehead atoms.